The molecule has 154 valence electrons. The van der Waals surface area contributed by atoms with Gasteiger partial charge in [-0.15, -0.1) is 11.3 Å². The molecule has 1 saturated heterocycles. The van der Waals surface area contributed by atoms with Gasteiger partial charge >= 0.3 is 0 Å². The molecule has 6 heteroatoms. The SMILES string of the molecule is CNC(=O)[C@@]1(Cc2ccc(-c3cccs3)cc2)CN(C(=O)c2ccccc2)CCO1. The van der Waals surface area contributed by atoms with E-state index < -0.39 is 5.60 Å². The number of morpholine rings is 1. The van der Waals surface area contributed by atoms with E-state index in [0.29, 0.717) is 25.1 Å². The lowest BCUT2D eigenvalue weighted by Gasteiger charge is -2.41. The maximum atomic E-state index is 13.0. The summed E-state index contributed by atoms with van der Waals surface area (Å²) in [6.07, 6.45) is 0.399. The van der Waals surface area contributed by atoms with E-state index in [1.807, 2.05) is 36.4 Å². The third kappa shape index (κ3) is 4.15. The fraction of sp³-hybridized carbons (Fsp3) is 0.250. The van der Waals surface area contributed by atoms with Gasteiger partial charge in [-0.1, -0.05) is 48.5 Å². The molecule has 5 nitrogen and oxygen atoms in total. The third-order valence-corrected chi connectivity index (χ3v) is 6.30. The minimum Gasteiger partial charge on any atom is -0.361 e. The van der Waals surface area contributed by atoms with Gasteiger partial charge in [-0.05, 0) is 34.7 Å². The molecular formula is C24H24N2O3S. The number of rotatable bonds is 5. The van der Waals surface area contributed by atoms with Gasteiger partial charge in [0.2, 0.25) is 0 Å². The molecule has 1 aromatic heterocycles. The number of carbonyl (C=O) groups excluding carboxylic acids is 2. The first-order valence-electron chi connectivity index (χ1n) is 9.94. The highest BCUT2D eigenvalue weighted by Gasteiger charge is 2.44. The summed E-state index contributed by atoms with van der Waals surface area (Å²) in [7, 11) is 1.60. The van der Waals surface area contributed by atoms with E-state index in [1.165, 1.54) is 4.88 Å². The highest BCUT2D eigenvalue weighted by atomic mass is 32.1. The van der Waals surface area contributed by atoms with Crippen LogP contribution in [-0.2, 0) is 16.0 Å². The minimum absolute atomic E-state index is 0.0831. The number of hydrogen-bond acceptors (Lipinski definition) is 4. The van der Waals surface area contributed by atoms with Gasteiger partial charge in [0.15, 0.2) is 5.60 Å². The summed E-state index contributed by atoms with van der Waals surface area (Å²) in [6.45, 7) is 0.996. The molecule has 0 radical (unpaired) electrons. The van der Waals surface area contributed by atoms with Gasteiger partial charge in [0.1, 0.15) is 0 Å². The molecule has 0 saturated carbocycles. The number of nitrogens with zero attached hydrogens (tertiary/aromatic N) is 1. The van der Waals surface area contributed by atoms with Gasteiger partial charge in [0.25, 0.3) is 11.8 Å². The number of amides is 2. The molecule has 0 unspecified atom stereocenters. The van der Waals surface area contributed by atoms with Gasteiger partial charge < -0.3 is 15.0 Å². The van der Waals surface area contributed by atoms with Crippen LogP contribution in [0.25, 0.3) is 10.4 Å². The van der Waals surface area contributed by atoms with Gasteiger partial charge in [-0.3, -0.25) is 9.59 Å². The van der Waals surface area contributed by atoms with Crippen molar-refractivity contribution in [3.63, 3.8) is 0 Å². The average Bonchev–Trinajstić information content (AvgIpc) is 3.34. The molecule has 0 spiro atoms. The summed E-state index contributed by atoms with van der Waals surface area (Å²) in [5.41, 5.74) is 1.65. The number of thiophene rings is 1. The molecule has 1 fully saturated rings. The molecule has 1 aliphatic rings. The quantitative estimate of drug-likeness (QED) is 0.686. The Balaban J connectivity index is 1.56. The Kier molecular flexibility index (Phi) is 5.97. The van der Waals surface area contributed by atoms with Gasteiger partial charge in [0.05, 0.1) is 13.2 Å². The van der Waals surface area contributed by atoms with E-state index in [1.54, 1.807) is 35.4 Å². The Morgan fingerprint density at radius 2 is 1.83 bits per heavy atom. The molecule has 0 aliphatic carbocycles. The Morgan fingerprint density at radius 3 is 2.50 bits per heavy atom. The number of nitrogens with one attached hydrogen (secondary N) is 1. The molecule has 1 N–H and O–H groups in total. The van der Waals surface area contributed by atoms with E-state index >= 15 is 0 Å². The number of carbonyl (C=O) groups is 2. The average molecular weight is 421 g/mol. The number of likely N-dealkylation sites (N-methyl/N-ethyl adjacent to an activating group) is 1. The van der Waals surface area contributed by atoms with Gasteiger partial charge in [-0.2, -0.15) is 0 Å². The second-order valence-electron chi connectivity index (χ2n) is 7.37. The number of ether oxygens (including phenoxy) is 1. The topological polar surface area (TPSA) is 58.6 Å². The maximum absolute atomic E-state index is 13.0. The largest absolute Gasteiger partial charge is 0.361 e. The van der Waals surface area contributed by atoms with Crippen LogP contribution in [0.1, 0.15) is 15.9 Å². The predicted octanol–water partition coefficient (Wildman–Crippen LogP) is 3.62. The summed E-state index contributed by atoms with van der Waals surface area (Å²) in [4.78, 5) is 28.8. The normalized spacial score (nSPS) is 18.8. The maximum Gasteiger partial charge on any atom is 0.254 e. The van der Waals surface area contributed by atoms with Crippen molar-refractivity contribution in [1.29, 1.82) is 0 Å². The Hall–Kier alpha value is -2.96. The van der Waals surface area contributed by atoms with Crippen molar-refractivity contribution in [1.82, 2.24) is 10.2 Å². The summed E-state index contributed by atoms with van der Waals surface area (Å²) in [5.74, 6) is -0.296. The van der Waals surface area contributed by atoms with Gasteiger partial charge in [-0.25, -0.2) is 0 Å². The van der Waals surface area contributed by atoms with Crippen molar-refractivity contribution in [2.75, 3.05) is 26.7 Å². The van der Waals surface area contributed by atoms with E-state index in [9.17, 15) is 9.59 Å². The molecule has 2 amide bonds. The summed E-state index contributed by atoms with van der Waals surface area (Å²) in [6, 6.07) is 21.5. The fourth-order valence-corrected chi connectivity index (χ4v) is 4.57. The van der Waals surface area contributed by atoms with Crippen molar-refractivity contribution in [2.24, 2.45) is 0 Å². The smallest absolute Gasteiger partial charge is 0.254 e. The summed E-state index contributed by atoms with van der Waals surface area (Å²) in [5, 5.41) is 4.78. The zero-order valence-electron chi connectivity index (χ0n) is 16.8. The lowest BCUT2D eigenvalue weighted by Crippen LogP contribution is -2.61. The van der Waals surface area contributed by atoms with Crippen molar-refractivity contribution in [3.8, 4) is 10.4 Å². The van der Waals surface area contributed by atoms with Crippen LogP contribution < -0.4 is 5.32 Å². The molecule has 1 atom stereocenters. The molecule has 4 rings (SSSR count). The Labute approximate surface area is 180 Å². The highest BCUT2D eigenvalue weighted by molar-refractivity contribution is 7.13. The Bertz CT molecular complexity index is 1000. The molecule has 30 heavy (non-hydrogen) atoms. The number of hydrogen-bond donors (Lipinski definition) is 1. The zero-order chi connectivity index (χ0) is 21.0. The van der Waals surface area contributed by atoms with E-state index in [-0.39, 0.29) is 18.4 Å². The monoisotopic (exact) mass is 420 g/mol. The second-order valence-corrected chi connectivity index (χ2v) is 8.31. The van der Waals surface area contributed by atoms with Crippen molar-refractivity contribution < 1.29 is 14.3 Å². The molecule has 3 aromatic rings. The van der Waals surface area contributed by atoms with Crippen molar-refractivity contribution in [3.05, 3.63) is 83.2 Å². The first-order chi connectivity index (χ1) is 14.6. The summed E-state index contributed by atoms with van der Waals surface area (Å²) < 4.78 is 6.04. The van der Waals surface area contributed by atoms with Crippen LogP contribution >= 0.6 is 11.3 Å². The lowest BCUT2D eigenvalue weighted by atomic mass is 9.90. The first-order valence-corrected chi connectivity index (χ1v) is 10.8. The van der Waals surface area contributed by atoms with Crippen LogP contribution in [0.5, 0.6) is 0 Å². The molecule has 1 aliphatic heterocycles. The Morgan fingerprint density at radius 1 is 1.07 bits per heavy atom. The summed E-state index contributed by atoms with van der Waals surface area (Å²) >= 11 is 1.69. The standard InChI is InChI=1S/C24H24N2O3S/c1-25-23(28)24(16-18-9-11-19(12-10-18)21-8-5-15-30-21)17-26(13-14-29-24)22(27)20-6-3-2-4-7-20/h2-12,15H,13-14,16-17H2,1H3,(H,25,28)/t24-/m1/s1. The van der Waals surface area contributed by atoms with E-state index in [4.69, 9.17) is 4.74 Å². The van der Waals surface area contributed by atoms with E-state index in [2.05, 4.69) is 28.9 Å². The lowest BCUT2D eigenvalue weighted by molar-refractivity contribution is -0.156. The van der Waals surface area contributed by atoms with Crippen LogP contribution in [-0.4, -0.2) is 49.1 Å². The van der Waals surface area contributed by atoms with Crippen molar-refractivity contribution in [2.45, 2.75) is 12.0 Å². The zero-order valence-corrected chi connectivity index (χ0v) is 17.7. The van der Waals surface area contributed by atoms with Gasteiger partial charge in [0, 0.05) is 30.5 Å². The molecule has 0 bridgehead atoms. The van der Waals surface area contributed by atoms with E-state index in [0.717, 1.165) is 11.1 Å². The van der Waals surface area contributed by atoms with Crippen LogP contribution in [0.4, 0.5) is 0 Å². The molecule has 2 aromatic carbocycles. The fourth-order valence-electron chi connectivity index (χ4n) is 3.83. The first kappa shape index (κ1) is 20.3. The third-order valence-electron chi connectivity index (χ3n) is 5.38. The number of benzene rings is 2. The van der Waals surface area contributed by atoms with Crippen LogP contribution in [0, 0.1) is 0 Å². The van der Waals surface area contributed by atoms with Crippen LogP contribution in [0.3, 0.4) is 0 Å². The van der Waals surface area contributed by atoms with Crippen LogP contribution in [0.2, 0.25) is 0 Å². The second kappa shape index (κ2) is 8.81. The molecular weight excluding hydrogens is 396 g/mol. The highest BCUT2D eigenvalue weighted by Crippen LogP contribution is 2.28. The van der Waals surface area contributed by atoms with Crippen molar-refractivity contribution >= 4 is 23.2 Å². The minimum atomic E-state index is -1.11. The predicted molar refractivity (Wildman–Crippen MR) is 119 cm³/mol. The molecule has 2 heterocycles. The van der Waals surface area contributed by atoms with Crippen LogP contribution in [0.15, 0.2) is 72.1 Å².